The Labute approximate surface area is 98.0 Å². The predicted octanol–water partition coefficient (Wildman–Crippen LogP) is 3.11. The molecule has 0 saturated carbocycles. The number of thiazole rings is 1. The van der Waals surface area contributed by atoms with E-state index in [9.17, 15) is 0 Å². The van der Waals surface area contributed by atoms with E-state index in [2.05, 4.69) is 15.5 Å². The molecule has 0 spiro atoms. The van der Waals surface area contributed by atoms with Gasteiger partial charge in [-0.1, -0.05) is 0 Å². The van der Waals surface area contributed by atoms with Crippen LogP contribution in [-0.2, 0) is 0 Å². The summed E-state index contributed by atoms with van der Waals surface area (Å²) in [7, 11) is 0. The van der Waals surface area contributed by atoms with Gasteiger partial charge < -0.3 is 4.42 Å². The summed E-state index contributed by atoms with van der Waals surface area (Å²) in [5.41, 5.74) is 3.92. The Balaban J connectivity index is 1.99. The summed E-state index contributed by atoms with van der Waals surface area (Å²) in [6.07, 6.45) is 1.64. The molecule has 2 rings (SSSR count). The van der Waals surface area contributed by atoms with Gasteiger partial charge in [0, 0.05) is 4.88 Å². The molecule has 0 aliphatic heterocycles. The molecule has 84 valence electrons. The molecule has 2 aromatic heterocycles. The van der Waals surface area contributed by atoms with Gasteiger partial charge in [-0.25, -0.2) is 4.98 Å². The highest BCUT2D eigenvalue weighted by Crippen LogP contribution is 2.20. The van der Waals surface area contributed by atoms with Crippen LogP contribution < -0.4 is 5.43 Å². The van der Waals surface area contributed by atoms with Crippen LogP contribution in [0.3, 0.4) is 0 Å². The minimum Gasteiger partial charge on any atom is -0.460 e. The van der Waals surface area contributed by atoms with Gasteiger partial charge in [-0.2, -0.15) is 5.10 Å². The first-order valence-electron chi connectivity index (χ1n) is 4.94. The number of aryl methyl sites for hydroxylation is 3. The number of nitrogens with zero attached hydrogens (tertiary/aromatic N) is 2. The number of nitrogens with one attached hydrogen (secondary N) is 1. The summed E-state index contributed by atoms with van der Waals surface area (Å²) < 4.78 is 5.34. The molecule has 0 atom stereocenters. The lowest BCUT2D eigenvalue weighted by atomic mass is 10.4. The third-order valence-electron chi connectivity index (χ3n) is 2.14. The molecule has 0 aliphatic rings. The van der Waals surface area contributed by atoms with E-state index in [-0.39, 0.29) is 0 Å². The molecule has 0 radical (unpaired) electrons. The Morgan fingerprint density at radius 3 is 2.75 bits per heavy atom. The van der Waals surface area contributed by atoms with Crippen LogP contribution in [-0.4, -0.2) is 11.2 Å². The van der Waals surface area contributed by atoms with Crippen molar-refractivity contribution in [2.45, 2.75) is 20.8 Å². The fourth-order valence-electron chi connectivity index (χ4n) is 1.19. The third kappa shape index (κ3) is 2.49. The van der Waals surface area contributed by atoms with Crippen LogP contribution in [0.15, 0.2) is 21.7 Å². The van der Waals surface area contributed by atoms with Gasteiger partial charge in [-0.05, 0) is 32.9 Å². The maximum Gasteiger partial charge on any atom is 0.203 e. The zero-order valence-electron chi connectivity index (χ0n) is 9.44. The Hall–Kier alpha value is -1.62. The van der Waals surface area contributed by atoms with Gasteiger partial charge in [0.1, 0.15) is 11.5 Å². The Kier molecular flexibility index (Phi) is 3.05. The van der Waals surface area contributed by atoms with Crippen LogP contribution in [0.25, 0.3) is 0 Å². The van der Waals surface area contributed by atoms with Gasteiger partial charge in [0.25, 0.3) is 0 Å². The van der Waals surface area contributed by atoms with Crippen molar-refractivity contribution in [2.75, 3.05) is 5.43 Å². The Morgan fingerprint density at radius 1 is 1.38 bits per heavy atom. The van der Waals surface area contributed by atoms with Crippen molar-refractivity contribution < 1.29 is 4.42 Å². The summed E-state index contributed by atoms with van der Waals surface area (Å²) >= 11 is 1.59. The highest BCUT2D eigenvalue weighted by atomic mass is 32.1. The molecule has 2 aromatic rings. The van der Waals surface area contributed by atoms with Crippen LogP contribution in [0.4, 0.5) is 5.13 Å². The molecule has 16 heavy (non-hydrogen) atoms. The second-order valence-electron chi connectivity index (χ2n) is 3.48. The fraction of sp³-hybridized carbons (Fsp3) is 0.273. The van der Waals surface area contributed by atoms with E-state index >= 15 is 0 Å². The van der Waals surface area contributed by atoms with Crippen molar-refractivity contribution in [2.24, 2.45) is 5.10 Å². The highest BCUT2D eigenvalue weighted by molar-refractivity contribution is 7.15. The van der Waals surface area contributed by atoms with E-state index in [0.29, 0.717) is 0 Å². The molecule has 1 N–H and O–H groups in total. The highest BCUT2D eigenvalue weighted by Gasteiger charge is 2.01. The van der Waals surface area contributed by atoms with Gasteiger partial charge in [-0.3, -0.25) is 5.43 Å². The molecule has 0 bridgehead atoms. The molecule has 0 amide bonds. The topological polar surface area (TPSA) is 50.4 Å². The maximum atomic E-state index is 5.34. The van der Waals surface area contributed by atoms with Crippen LogP contribution in [0.1, 0.15) is 22.1 Å². The molecule has 5 heteroatoms. The van der Waals surface area contributed by atoms with E-state index in [1.54, 1.807) is 17.6 Å². The number of hydrazone groups is 1. The Bertz CT molecular complexity index is 494. The lowest BCUT2D eigenvalue weighted by molar-refractivity contribution is 0.528. The lowest BCUT2D eigenvalue weighted by Gasteiger charge is -1.90. The van der Waals surface area contributed by atoms with Gasteiger partial charge in [-0.15, -0.1) is 11.3 Å². The number of furan rings is 1. The molecule has 0 aromatic carbocycles. The fourth-order valence-corrected chi connectivity index (χ4v) is 1.96. The number of hydrogen-bond acceptors (Lipinski definition) is 5. The van der Waals surface area contributed by atoms with E-state index in [4.69, 9.17) is 4.42 Å². The average Bonchev–Trinajstić information content (AvgIpc) is 2.75. The van der Waals surface area contributed by atoms with Gasteiger partial charge >= 0.3 is 0 Å². The van der Waals surface area contributed by atoms with Crippen molar-refractivity contribution in [1.29, 1.82) is 0 Å². The zero-order valence-corrected chi connectivity index (χ0v) is 10.3. The lowest BCUT2D eigenvalue weighted by Crippen LogP contribution is -1.88. The summed E-state index contributed by atoms with van der Waals surface area (Å²) in [5, 5.41) is 4.86. The SMILES string of the molecule is Cc1ccc(/C=N\Nc2nc(C)c(C)s2)o1. The summed E-state index contributed by atoms with van der Waals surface area (Å²) in [6.45, 7) is 5.92. The van der Waals surface area contributed by atoms with Crippen molar-refractivity contribution in [3.63, 3.8) is 0 Å². The molecule has 0 aliphatic carbocycles. The number of hydrogen-bond donors (Lipinski definition) is 1. The van der Waals surface area contributed by atoms with Gasteiger partial charge in [0.05, 0.1) is 11.9 Å². The normalized spacial score (nSPS) is 11.2. The van der Waals surface area contributed by atoms with Crippen molar-refractivity contribution in [3.05, 3.63) is 34.2 Å². The monoisotopic (exact) mass is 235 g/mol. The summed E-state index contributed by atoms with van der Waals surface area (Å²) in [5.74, 6) is 1.61. The number of anilines is 1. The van der Waals surface area contributed by atoms with Crippen molar-refractivity contribution >= 4 is 22.7 Å². The van der Waals surface area contributed by atoms with Crippen LogP contribution in [0, 0.1) is 20.8 Å². The Morgan fingerprint density at radius 2 is 2.19 bits per heavy atom. The largest absolute Gasteiger partial charge is 0.460 e. The first-order chi connectivity index (χ1) is 7.65. The van der Waals surface area contributed by atoms with E-state index in [1.807, 2.05) is 32.9 Å². The first kappa shape index (κ1) is 10.9. The summed E-state index contributed by atoms with van der Waals surface area (Å²) in [6, 6.07) is 3.78. The molecular formula is C11H13N3OS. The second kappa shape index (κ2) is 4.49. The smallest absolute Gasteiger partial charge is 0.203 e. The quantitative estimate of drug-likeness (QED) is 0.657. The molecule has 4 nitrogen and oxygen atoms in total. The van der Waals surface area contributed by atoms with Gasteiger partial charge in [0.15, 0.2) is 0 Å². The number of aromatic nitrogens is 1. The van der Waals surface area contributed by atoms with Crippen molar-refractivity contribution in [1.82, 2.24) is 4.98 Å². The van der Waals surface area contributed by atoms with Crippen LogP contribution >= 0.6 is 11.3 Å². The van der Waals surface area contributed by atoms with Gasteiger partial charge in [0.2, 0.25) is 5.13 Å². The molecule has 0 fully saturated rings. The maximum absolute atomic E-state index is 5.34. The minimum absolute atomic E-state index is 0.731. The van der Waals surface area contributed by atoms with E-state index in [0.717, 1.165) is 22.3 Å². The molecule has 0 unspecified atom stereocenters. The first-order valence-corrected chi connectivity index (χ1v) is 5.76. The second-order valence-corrected chi connectivity index (χ2v) is 4.68. The van der Waals surface area contributed by atoms with E-state index in [1.165, 1.54) is 4.88 Å². The van der Waals surface area contributed by atoms with Crippen molar-refractivity contribution in [3.8, 4) is 0 Å². The molecule has 0 saturated heterocycles. The third-order valence-corrected chi connectivity index (χ3v) is 3.12. The standard InChI is InChI=1S/C11H13N3OS/c1-7-4-5-10(15-7)6-12-14-11-13-8(2)9(3)16-11/h4-6H,1-3H3,(H,13,14)/b12-6-. The van der Waals surface area contributed by atoms with Crippen LogP contribution in [0.5, 0.6) is 0 Å². The number of rotatable bonds is 3. The molecular weight excluding hydrogens is 222 g/mol. The minimum atomic E-state index is 0.731. The van der Waals surface area contributed by atoms with E-state index < -0.39 is 0 Å². The molecule has 2 heterocycles. The van der Waals surface area contributed by atoms with Crippen LogP contribution in [0.2, 0.25) is 0 Å². The predicted molar refractivity (Wildman–Crippen MR) is 66.2 cm³/mol. The summed E-state index contributed by atoms with van der Waals surface area (Å²) in [4.78, 5) is 5.51. The average molecular weight is 235 g/mol. The zero-order chi connectivity index (χ0) is 11.5.